The van der Waals surface area contributed by atoms with E-state index in [9.17, 15) is 15.0 Å². The van der Waals surface area contributed by atoms with E-state index in [0.717, 1.165) is 0 Å². The third kappa shape index (κ3) is 3.48. The molecule has 6 heteroatoms. The average Bonchev–Trinajstić information content (AvgIpc) is 2.53. The van der Waals surface area contributed by atoms with Gasteiger partial charge in [0.15, 0.2) is 17.3 Å². The molecular weight excluding hydrogens is 300 g/mol. The monoisotopic (exact) mass is 318 g/mol. The summed E-state index contributed by atoms with van der Waals surface area (Å²) in [5, 5.41) is 19.8. The van der Waals surface area contributed by atoms with Crippen LogP contribution in [-0.4, -0.2) is 37.3 Å². The number of rotatable bonds is 6. The summed E-state index contributed by atoms with van der Waals surface area (Å²) < 4.78 is 15.2. The van der Waals surface area contributed by atoms with Gasteiger partial charge in [0, 0.05) is 18.6 Å². The fourth-order valence-electron chi connectivity index (χ4n) is 2.25. The van der Waals surface area contributed by atoms with Crippen molar-refractivity contribution in [1.82, 2.24) is 0 Å². The molecule has 0 atom stereocenters. The number of benzene rings is 2. The lowest BCUT2D eigenvalue weighted by atomic mass is 10.0. The zero-order valence-corrected chi connectivity index (χ0v) is 13.1. The minimum Gasteiger partial charge on any atom is -0.507 e. The number of methoxy groups -OCH3 is 3. The van der Waals surface area contributed by atoms with Crippen molar-refractivity contribution in [2.45, 2.75) is 6.42 Å². The molecule has 0 spiro atoms. The molecule has 0 fully saturated rings. The number of Topliss-reactive ketones (excluding diaryl/α,β-unsaturated/α-hetero) is 1. The van der Waals surface area contributed by atoms with Crippen LogP contribution in [0.2, 0.25) is 0 Å². The Morgan fingerprint density at radius 2 is 1.61 bits per heavy atom. The molecule has 0 heterocycles. The van der Waals surface area contributed by atoms with E-state index in [2.05, 4.69) is 0 Å². The Bertz CT molecular complexity index is 723. The summed E-state index contributed by atoms with van der Waals surface area (Å²) in [4.78, 5) is 12.5. The molecule has 0 bridgehead atoms. The van der Waals surface area contributed by atoms with Crippen molar-refractivity contribution < 1.29 is 29.2 Å². The van der Waals surface area contributed by atoms with Crippen molar-refractivity contribution >= 4 is 5.78 Å². The lowest BCUT2D eigenvalue weighted by Crippen LogP contribution is -2.07. The van der Waals surface area contributed by atoms with Crippen LogP contribution in [0, 0.1) is 0 Å². The minimum absolute atomic E-state index is 0.00615. The molecule has 0 radical (unpaired) electrons. The number of ketones is 1. The molecule has 2 rings (SSSR count). The van der Waals surface area contributed by atoms with Crippen LogP contribution in [0.1, 0.15) is 15.9 Å². The highest BCUT2D eigenvalue weighted by atomic mass is 16.5. The van der Waals surface area contributed by atoms with Crippen LogP contribution in [-0.2, 0) is 6.42 Å². The summed E-state index contributed by atoms with van der Waals surface area (Å²) in [6.07, 6.45) is -0.00615. The standard InChI is InChI=1S/C17H18O6/c1-21-11-8-14(20)17(16(9-11)23-3)13(19)7-10-4-5-15(22-2)12(18)6-10/h4-6,8-9,18,20H,7H2,1-3H3. The first-order chi connectivity index (χ1) is 11.0. The Morgan fingerprint density at radius 1 is 0.913 bits per heavy atom. The molecule has 2 aromatic carbocycles. The third-order valence-corrected chi connectivity index (χ3v) is 3.40. The maximum Gasteiger partial charge on any atom is 0.174 e. The largest absolute Gasteiger partial charge is 0.507 e. The first-order valence-corrected chi connectivity index (χ1v) is 6.84. The van der Waals surface area contributed by atoms with Crippen molar-refractivity contribution in [3.8, 4) is 28.7 Å². The number of ether oxygens (including phenoxy) is 3. The van der Waals surface area contributed by atoms with Crippen molar-refractivity contribution in [2.24, 2.45) is 0 Å². The molecule has 0 unspecified atom stereocenters. The zero-order valence-electron chi connectivity index (χ0n) is 13.1. The molecule has 0 aliphatic rings. The van der Waals surface area contributed by atoms with Crippen LogP contribution in [0.5, 0.6) is 28.7 Å². The number of phenols is 2. The van der Waals surface area contributed by atoms with E-state index in [1.165, 1.54) is 39.5 Å². The second-order valence-electron chi connectivity index (χ2n) is 4.83. The first-order valence-electron chi connectivity index (χ1n) is 6.84. The normalized spacial score (nSPS) is 10.2. The van der Waals surface area contributed by atoms with Crippen molar-refractivity contribution in [3.63, 3.8) is 0 Å². The first kappa shape index (κ1) is 16.5. The second-order valence-corrected chi connectivity index (χ2v) is 4.83. The molecule has 122 valence electrons. The highest BCUT2D eigenvalue weighted by molar-refractivity contribution is 6.02. The summed E-state index contributed by atoms with van der Waals surface area (Å²) in [5.74, 6) is 0.327. The van der Waals surface area contributed by atoms with Crippen molar-refractivity contribution in [3.05, 3.63) is 41.5 Å². The summed E-state index contributed by atoms with van der Waals surface area (Å²) in [6.45, 7) is 0. The van der Waals surface area contributed by atoms with E-state index in [-0.39, 0.29) is 35.0 Å². The van der Waals surface area contributed by atoms with Gasteiger partial charge in [-0.15, -0.1) is 0 Å². The smallest absolute Gasteiger partial charge is 0.174 e. The highest BCUT2D eigenvalue weighted by Crippen LogP contribution is 2.34. The van der Waals surface area contributed by atoms with E-state index >= 15 is 0 Å². The number of hydrogen-bond donors (Lipinski definition) is 2. The lowest BCUT2D eigenvalue weighted by molar-refractivity contribution is 0.0987. The number of aromatic hydroxyl groups is 2. The predicted octanol–water partition coefficient (Wildman–Crippen LogP) is 2.55. The van der Waals surface area contributed by atoms with Gasteiger partial charge < -0.3 is 24.4 Å². The van der Waals surface area contributed by atoms with Gasteiger partial charge in [-0.2, -0.15) is 0 Å². The third-order valence-electron chi connectivity index (χ3n) is 3.40. The van der Waals surface area contributed by atoms with Gasteiger partial charge in [-0.3, -0.25) is 4.79 Å². The minimum atomic E-state index is -0.341. The predicted molar refractivity (Wildman–Crippen MR) is 83.9 cm³/mol. The van der Waals surface area contributed by atoms with Gasteiger partial charge in [0.2, 0.25) is 0 Å². The molecule has 0 aromatic heterocycles. The molecule has 2 N–H and O–H groups in total. The van der Waals surface area contributed by atoms with Gasteiger partial charge in [-0.05, 0) is 17.7 Å². The van der Waals surface area contributed by atoms with E-state index < -0.39 is 0 Å². The Balaban J connectivity index is 2.32. The van der Waals surface area contributed by atoms with Gasteiger partial charge in [-0.1, -0.05) is 6.07 Å². The number of carbonyl (C=O) groups excluding carboxylic acids is 1. The Hall–Kier alpha value is -2.89. The molecular formula is C17H18O6. The SMILES string of the molecule is COc1cc(O)c(C(=O)Cc2ccc(OC)c(O)c2)c(OC)c1. The Kier molecular flexibility index (Phi) is 4.95. The molecule has 0 aliphatic carbocycles. The van der Waals surface area contributed by atoms with Gasteiger partial charge in [0.25, 0.3) is 0 Å². The van der Waals surface area contributed by atoms with Gasteiger partial charge in [0.05, 0.1) is 21.3 Å². The van der Waals surface area contributed by atoms with Gasteiger partial charge in [0.1, 0.15) is 22.8 Å². The molecule has 6 nitrogen and oxygen atoms in total. The van der Waals surface area contributed by atoms with E-state index in [4.69, 9.17) is 14.2 Å². The summed E-state index contributed by atoms with van der Waals surface area (Å²) in [5.41, 5.74) is 0.661. The Labute approximate surface area is 133 Å². The molecule has 0 aliphatic heterocycles. The molecule has 0 saturated heterocycles. The zero-order chi connectivity index (χ0) is 17.0. The van der Waals surface area contributed by atoms with Crippen LogP contribution in [0.15, 0.2) is 30.3 Å². The molecule has 0 saturated carbocycles. The summed E-state index contributed by atoms with van der Waals surface area (Å²) >= 11 is 0. The fourth-order valence-corrected chi connectivity index (χ4v) is 2.25. The molecule has 2 aromatic rings. The average molecular weight is 318 g/mol. The number of carbonyl (C=O) groups is 1. The van der Waals surface area contributed by atoms with E-state index in [1.54, 1.807) is 12.1 Å². The van der Waals surface area contributed by atoms with Gasteiger partial charge in [-0.25, -0.2) is 0 Å². The number of phenolic OH excluding ortho intramolecular Hbond substituents is 2. The van der Waals surface area contributed by atoms with Crippen molar-refractivity contribution in [1.29, 1.82) is 0 Å². The Morgan fingerprint density at radius 3 is 2.17 bits per heavy atom. The second kappa shape index (κ2) is 6.91. The summed E-state index contributed by atoms with van der Waals surface area (Å²) in [7, 11) is 4.31. The van der Waals surface area contributed by atoms with Crippen LogP contribution < -0.4 is 14.2 Å². The van der Waals surface area contributed by atoms with Crippen LogP contribution in [0.4, 0.5) is 0 Å². The maximum atomic E-state index is 12.5. The fraction of sp³-hybridized carbons (Fsp3) is 0.235. The lowest BCUT2D eigenvalue weighted by Gasteiger charge is -2.12. The van der Waals surface area contributed by atoms with Gasteiger partial charge >= 0.3 is 0 Å². The topological polar surface area (TPSA) is 85.2 Å². The van der Waals surface area contributed by atoms with Crippen LogP contribution in [0.25, 0.3) is 0 Å². The quantitative estimate of drug-likeness (QED) is 0.796. The van der Waals surface area contributed by atoms with Crippen LogP contribution in [0.3, 0.4) is 0 Å². The summed E-state index contributed by atoms with van der Waals surface area (Å²) in [6, 6.07) is 7.57. The van der Waals surface area contributed by atoms with E-state index in [0.29, 0.717) is 17.1 Å². The van der Waals surface area contributed by atoms with Crippen LogP contribution >= 0.6 is 0 Å². The highest BCUT2D eigenvalue weighted by Gasteiger charge is 2.20. The number of hydrogen-bond acceptors (Lipinski definition) is 6. The molecule has 23 heavy (non-hydrogen) atoms. The molecule has 0 amide bonds. The van der Waals surface area contributed by atoms with E-state index in [1.807, 2.05) is 0 Å². The maximum absolute atomic E-state index is 12.5. The van der Waals surface area contributed by atoms with Crippen molar-refractivity contribution in [2.75, 3.05) is 21.3 Å².